The molecular formula is C13H15N3O. The van der Waals surface area contributed by atoms with E-state index in [1.165, 1.54) is 0 Å². The topological polar surface area (TPSA) is 60.0 Å². The van der Waals surface area contributed by atoms with Crippen LogP contribution in [0.1, 0.15) is 11.6 Å². The van der Waals surface area contributed by atoms with Gasteiger partial charge in [-0.25, -0.2) is 5.84 Å². The highest BCUT2D eigenvalue weighted by molar-refractivity contribution is 5.80. The van der Waals surface area contributed by atoms with Gasteiger partial charge in [-0.3, -0.25) is 10.2 Å². The number of nitrogens with one attached hydrogen (secondary N) is 1. The van der Waals surface area contributed by atoms with Gasteiger partial charge in [0.1, 0.15) is 6.04 Å². The van der Waals surface area contributed by atoms with Crippen molar-refractivity contribution in [3.63, 3.8) is 0 Å². The van der Waals surface area contributed by atoms with Gasteiger partial charge in [-0.1, -0.05) is 30.3 Å². The fourth-order valence-electron chi connectivity index (χ4n) is 1.82. The predicted octanol–water partition coefficient (Wildman–Crippen LogP) is 1.26. The van der Waals surface area contributed by atoms with Crippen LogP contribution in [0.4, 0.5) is 0 Å². The Hall–Kier alpha value is -2.07. The molecule has 4 heteroatoms. The zero-order chi connectivity index (χ0) is 12.1. The van der Waals surface area contributed by atoms with Crippen molar-refractivity contribution in [3.8, 4) is 0 Å². The van der Waals surface area contributed by atoms with Crippen LogP contribution in [0.5, 0.6) is 0 Å². The van der Waals surface area contributed by atoms with Gasteiger partial charge < -0.3 is 4.57 Å². The van der Waals surface area contributed by atoms with E-state index < -0.39 is 0 Å². The Morgan fingerprint density at radius 2 is 1.82 bits per heavy atom. The molecule has 0 spiro atoms. The molecule has 0 aliphatic rings. The quantitative estimate of drug-likeness (QED) is 0.471. The van der Waals surface area contributed by atoms with Crippen molar-refractivity contribution in [1.29, 1.82) is 0 Å². The van der Waals surface area contributed by atoms with Gasteiger partial charge in [0.2, 0.25) is 0 Å². The van der Waals surface area contributed by atoms with Crippen LogP contribution in [0.25, 0.3) is 0 Å². The summed E-state index contributed by atoms with van der Waals surface area (Å²) in [5.41, 5.74) is 3.32. The van der Waals surface area contributed by atoms with Gasteiger partial charge in [0.05, 0.1) is 0 Å². The average molecular weight is 229 g/mol. The molecule has 4 nitrogen and oxygen atoms in total. The van der Waals surface area contributed by atoms with Crippen LogP contribution in [-0.4, -0.2) is 10.5 Å². The molecule has 1 atom stereocenters. The van der Waals surface area contributed by atoms with Crippen LogP contribution in [0, 0.1) is 0 Å². The highest BCUT2D eigenvalue weighted by Gasteiger charge is 2.18. The molecule has 1 aromatic heterocycles. The monoisotopic (exact) mass is 229 g/mol. The number of hydrogen-bond donors (Lipinski definition) is 2. The van der Waals surface area contributed by atoms with Crippen LogP contribution < -0.4 is 11.3 Å². The van der Waals surface area contributed by atoms with Crippen molar-refractivity contribution in [2.45, 2.75) is 12.5 Å². The highest BCUT2D eigenvalue weighted by atomic mass is 16.2. The summed E-state index contributed by atoms with van der Waals surface area (Å²) in [5.74, 6) is 5.03. The van der Waals surface area contributed by atoms with Crippen molar-refractivity contribution in [1.82, 2.24) is 9.99 Å². The largest absolute Gasteiger partial charge is 0.342 e. The number of aromatic nitrogens is 1. The molecule has 0 saturated carbocycles. The maximum atomic E-state index is 11.8. The Balaban J connectivity index is 2.20. The van der Waals surface area contributed by atoms with E-state index in [9.17, 15) is 4.79 Å². The van der Waals surface area contributed by atoms with Gasteiger partial charge in [0.15, 0.2) is 0 Å². The minimum atomic E-state index is -0.308. The first-order chi connectivity index (χ1) is 8.31. The molecule has 1 amide bonds. The number of hydrogen-bond acceptors (Lipinski definition) is 2. The summed E-state index contributed by atoms with van der Waals surface area (Å²) >= 11 is 0. The Morgan fingerprint density at radius 3 is 2.41 bits per heavy atom. The fourth-order valence-corrected chi connectivity index (χ4v) is 1.82. The van der Waals surface area contributed by atoms with Crippen LogP contribution in [0.2, 0.25) is 0 Å². The third kappa shape index (κ3) is 2.73. The van der Waals surface area contributed by atoms with E-state index in [0.717, 1.165) is 5.56 Å². The van der Waals surface area contributed by atoms with E-state index in [1.807, 2.05) is 59.4 Å². The first kappa shape index (κ1) is 11.4. The second-order valence-corrected chi connectivity index (χ2v) is 3.84. The predicted molar refractivity (Wildman–Crippen MR) is 65.9 cm³/mol. The molecule has 88 valence electrons. The van der Waals surface area contributed by atoms with Gasteiger partial charge in [-0.15, -0.1) is 0 Å². The lowest BCUT2D eigenvalue weighted by Crippen LogP contribution is -2.37. The van der Waals surface area contributed by atoms with E-state index >= 15 is 0 Å². The molecule has 0 aliphatic carbocycles. The minimum absolute atomic E-state index is 0.190. The lowest BCUT2D eigenvalue weighted by molar-refractivity contribution is -0.124. The summed E-state index contributed by atoms with van der Waals surface area (Å²) in [5, 5.41) is 0. The third-order valence-electron chi connectivity index (χ3n) is 2.70. The average Bonchev–Trinajstić information content (AvgIpc) is 2.90. The third-order valence-corrected chi connectivity index (χ3v) is 2.70. The number of hydrazine groups is 1. The van der Waals surface area contributed by atoms with Gasteiger partial charge >= 0.3 is 0 Å². The Kier molecular flexibility index (Phi) is 3.57. The molecule has 0 radical (unpaired) electrons. The summed E-state index contributed by atoms with van der Waals surface area (Å²) in [6.07, 6.45) is 4.35. The van der Waals surface area contributed by atoms with E-state index in [1.54, 1.807) is 0 Å². The zero-order valence-corrected chi connectivity index (χ0v) is 9.41. The van der Waals surface area contributed by atoms with E-state index in [4.69, 9.17) is 5.84 Å². The Bertz CT molecular complexity index is 465. The fraction of sp³-hybridized carbons (Fsp3) is 0.154. The van der Waals surface area contributed by atoms with Crippen molar-refractivity contribution in [2.75, 3.05) is 0 Å². The van der Waals surface area contributed by atoms with Gasteiger partial charge in [0.25, 0.3) is 5.91 Å². The molecule has 17 heavy (non-hydrogen) atoms. The molecular weight excluding hydrogens is 214 g/mol. The van der Waals surface area contributed by atoms with Crippen molar-refractivity contribution in [3.05, 3.63) is 60.4 Å². The maximum Gasteiger partial charge on any atom is 0.257 e. The zero-order valence-electron chi connectivity index (χ0n) is 9.41. The summed E-state index contributed by atoms with van der Waals surface area (Å²) in [7, 11) is 0. The number of carbonyl (C=O) groups is 1. The Morgan fingerprint density at radius 1 is 1.18 bits per heavy atom. The molecule has 2 aromatic rings. The lowest BCUT2D eigenvalue weighted by atomic mass is 10.1. The van der Waals surface area contributed by atoms with E-state index in [0.29, 0.717) is 6.42 Å². The van der Waals surface area contributed by atoms with Crippen molar-refractivity contribution in [2.24, 2.45) is 5.84 Å². The number of nitrogens with two attached hydrogens (primary N) is 1. The normalized spacial score (nSPS) is 12.1. The summed E-state index contributed by atoms with van der Waals surface area (Å²) in [4.78, 5) is 11.8. The lowest BCUT2D eigenvalue weighted by Gasteiger charge is -2.17. The second-order valence-electron chi connectivity index (χ2n) is 3.84. The SMILES string of the molecule is NNC(=O)[C@@H](Cc1ccccc1)n1cccc1. The summed E-state index contributed by atoms with van der Waals surface area (Å²) in [6.45, 7) is 0. The number of nitrogens with zero attached hydrogens (tertiary/aromatic N) is 1. The minimum Gasteiger partial charge on any atom is -0.342 e. The second kappa shape index (κ2) is 5.32. The van der Waals surface area contributed by atoms with Crippen LogP contribution in [0.3, 0.4) is 0 Å². The van der Waals surface area contributed by atoms with Crippen molar-refractivity contribution < 1.29 is 4.79 Å². The molecule has 1 aromatic carbocycles. The van der Waals surface area contributed by atoms with E-state index in [2.05, 4.69) is 5.43 Å². The number of rotatable bonds is 4. The number of benzene rings is 1. The number of carbonyl (C=O) groups excluding carboxylic acids is 1. The van der Waals surface area contributed by atoms with Crippen LogP contribution >= 0.6 is 0 Å². The standard InChI is InChI=1S/C13H15N3O/c14-15-13(17)12(16-8-4-5-9-16)10-11-6-2-1-3-7-11/h1-9,12H,10,14H2,(H,15,17)/t12-/m1/s1. The molecule has 0 saturated heterocycles. The van der Waals surface area contributed by atoms with Crippen molar-refractivity contribution >= 4 is 5.91 Å². The summed E-state index contributed by atoms with van der Waals surface area (Å²) in [6, 6.07) is 13.4. The molecule has 0 bridgehead atoms. The first-order valence-electron chi connectivity index (χ1n) is 5.48. The summed E-state index contributed by atoms with van der Waals surface area (Å²) < 4.78 is 1.86. The molecule has 0 fully saturated rings. The van der Waals surface area contributed by atoms with Crippen LogP contribution in [0.15, 0.2) is 54.9 Å². The molecule has 2 rings (SSSR count). The number of amides is 1. The van der Waals surface area contributed by atoms with E-state index in [-0.39, 0.29) is 11.9 Å². The van der Waals surface area contributed by atoms with Gasteiger partial charge in [-0.2, -0.15) is 0 Å². The maximum absolute atomic E-state index is 11.8. The molecule has 0 aliphatic heterocycles. The highest BCUT2D eigenvalue weighted by Crippen LogP contribution is 2.14. The van der Waals surface area contributed by atoms with Crippen LogP contribution in [-0.2, 0) is 11.2 Å². The smallest absolute Gasteiger partial charge is 0.257 e. The molecule has 0 unspecified atom stereocenters. The van der Waals surface area contributed by atoms with Gasteiger partial charge in [0, 0.05) is 18.8 Å². The molecule has 1 heterocycles. The van der Waals surface area contributed by atoms with Gasteiger partial charge in [-0.05, 0) is 17.7 Å². The Labute approximate surface area is 100 Å². The molecule has 3 N–H and O–H groups in total. The first-order valence-corrected chi connectivity index (χ1v) is 5.48.